The molecule has 0 N–H and O–H groups in total. The molecule has 1 aromatic rings. The summed E-state index contributed by atoms with van der Waals surface area (Å²) in [6, 6.07) is 8.87. The summed E-state index contributed by atoms with van der Waals surface area (Å²) in [6.45, 7) is 1.91. The van der Waals surface area contributed by atoms with Gasteiger partial charge in [0.05, 0.1) is 17.3 Å². The first kappa shape index (κ1) is 10.4. The Bertz CT molecular complexity index is 482. The van der Waals surface area contributed by atoms with Crippen molar-refractivity contribution in [1.29, 1.82) is 5.26 Å². The zero-order chi connectivity index (χ0) is 11.5. The van der Waals surface area contributed by atoms with E-state index in [2.05, 4.69) is 5.10 Å². The van der Waals surface area contributed by atoms with Gasteiger partial charge in [0, 0.05) is 12.1 Å². The van der Waals surface area contributed by atoms with E-state index in [-0.39, 0.29) is 5.91 Å². The van der Waals surface area contributed by atoms with Crippen molar-refractivity contribution < 1.29 is 4.79 Å². The van der Waals surface area contributed by atoms with Crippen molar-refractivity contribution in [3.8, 4) is 6.07 Å². The molecule has 0 fully saturated rings. The van der Waals surface area contributed by atoms with Crippen LogP contribution in [0.3, 0.4) is 0 Å². The third kappa shape index (κ3) is 1.94. The second-order valence-corrected chi connectivity index (χ2v) is 3.70. The van der Waals surface area contributed by atoms with Gasteiger partial charge in [-0.05, 0) is 37.6 Å². The second kappa shape index (κ2) is 4.15. The fourth-order valence-corrected chi connectivity index (χ4v) is 1.55. The smallest absolute Gasteiger partial charge is 0.247 e. The molecule has 0 spiro atoms. The van der Waals surface area contributed by atoms with Crippen LogP contribution < -0.4 is 5.01 Å². The highest BCUT2D eigenvalue weighted by molar-refractivity contribution is 6.01. The van der Waals surface area contributed by atoms with Crippen LogP contribution in [0.4, 0.5) is 5.69 Å². The highest BCUT2D eigenvalue weighted by atomic mass is 16.2. The summed E-state index contributed by atoms with van der Waals surface area (Å²) in [6.07, 6.45) is 1.22. The molecule has 16 heavy (non-hydrogen) atoms. The molecule has 1 aromatic carbocycles. The van der Waals surface area contributed by atoms with E-state index >= 15 is 0 Å². The van der Waals surface area contributed by atoms with Crippen molar-refractivity contribution in [3.05, 3.63) is 29.8 Å². The maximum Gasteiger partial charge on any atom is 0.247 e. The van der Waals surface area contributed by atoms with Crippen LogP contribution in [0.2, 0.25) is 0 Å². The molecule has 4 nitrogen and oxygen atoms in total. The van der Waals surface area contributed by atoms with E-state index in [0.29, 0.717) is 17.7 Å². The molecule has 1 aliphatic rings. The van der Waals surface area contributed by atoms with Crippen molar-refractivity contribution in [3.63, 3.8) is 0 Å². The SMILES string of the molecule is CC1=NN(c2ccc(C#N)cc2)C(=O)CC1. The minimum atomic E-state index is -0.00434. The van der Waals surface area contributed by atoms with Gasteiger partial charge in [-0.1, -0.05) is 0 Å². The third-order valence-corrected chi connectivity index (χ3v) is 2.45. The summed E-state index contributed by atoms with van der Waals surface area (Å²) in [4.78, 5) is 11.6. The highest BCUT2D eigenvalue weighted by Gasteiger charge is 2.19. The van der Waals surface area contributed by atoms with Gasteiger partial charge in [-0.25, -0.2) is 5.01 Å². The van der Waals surface area contributed by atoms with E-state index < -0.39 is 0 Å². The lowest BCUT2D eigenvalue weighted by Gasteiger charge is -2.22. The van der Waals surface area contributed by atoms with Gasteiger partial charge in [0.25, 0.3) is 0 Å². The predicted octanol–water partition coefficient (Wildman–Crippen LogP) is 2.06. The Morgan fingerprint density at radius 2 is 2.00 bits per heavy atom. The van der Waals surface area contributed by atoms with Crippen molar-refractivity contribution in [1.82, 2.24) is 0 Å². The van der Waals surface area contributed by atoms with E-state index in [1.165, 1.54) is 5.01 Å². The molecular weight excluding hydrogens is 202 g/mol. The number of hydrazone groups is 1. The number of carbonyl (C=O) groups is 1. The Hall–Kier alpha value is -2.15. The number of carbonyl (C=O) groups excluding carboxylic acids is 1. The summed E-state index contributed by atoms with van der Waals surface area (Å²) >= 11 is 0. The molecule has 0 bridgehead atoms. The Kier molecular flexibility index (Phi) is 2.69. The zero-order valence-electron chi connectivity index (χ0n) is 8.97. The highest BCUT2D eigenvalue weighted by Crippen LogP contribution is 2.20. The van der Waals surface area contributed by atoms with Crippen molar-refractivity contribution in [2.24, 2.45) is 5.10 Å². The maximum absolute atomic E-state index is 11.6. The number of hydrogen-bond acceptors (Lipinski definition) is 3. The number of nitriles is 1. The van der Waals surface area contributed by atoms with Crippen LogP contribution >= 0.6 is 0 Å². The van der Waals surface area contributed by atoms with Crippen LogP contribution in [0.25, 0.3) is 0 Å². The number of anilines is 1. The lowest BCUT2D eigenvalue weighted by molar-refractivity contribution is -0.118. The third-order valence-electron chi connectivity index (χ3n) is 2.45. The van der Waals surface area contributed by atoms with E-state index in [1.54, 1.807) is 24.3 Å². The Balaban J connectivity index is 2.33. The summed E-state index contributed by atoms with van der Waals surface area (Å²) in [5.74, 6) is -0.00434. The number of benzene rings is 1. The lowest BCUT2D eigenvalue weighted by Crippen LogP contribution is -2.30. The molecule has 0 unspecified atom stereocenters. The van der Waals surface area contributed by atoms with Crippen molar-refractivity contribution in [2.75, 3.05) is 5.01 Å². The van der Waals surface area contributed by atoms with Gasteiger partial charge < -0.3 is 0 Å². The quantitative estimate of drug-likeness (QED) is 0.717. The molecule has 0 saturated carbocycles. The first-order valence-electron chi connectivity index (χ1n) is 5.08. The molecule has 0 aliphatic carbocycles. The van der Waals surface area contributed by atoms with Gasteiger partial charge in [0.2, 0.25) is 5.91 Å². The molecule has 0 radical (unpaired) electrons. The van der Waals surface area contributed by atoms with Gasteiger partial charge in [0.1, 0.15) is 0 Å². The molecule has 0 atom stereocenters. The van der Waals surface area contributed by atoms with Gasteiger partial charge in [-0.15, -0.1) is 0 Å². The molecule has 1 heterocycles. The van der Waals surface area contributed by atoms with Crippen LogP contribution in [0, 0.1) is 11.3 Å². The van der Waals surface area contributed by atoms with E-state index in [4.69, 9.17) is 5.26 Å². The Labute approximate surface area is 93.8 Å². The summed E-state index contributed by atoms with van der Waals surface area (Å²) in [7, 11) is 0. The molecule has 1 aliphatic heterocycles. The minimum absolute atomic E-state index is 0.00434. The summed E-state index contributed by atoms with van der Waals surface area (Å²) in [5.41, 5.74) is 2.24. The summed E-state index contributed by atoms with van der Waals surface area (Å²) in [5, 5.41) is 14.3. The predicted molar refractivity (Wildman–Crippen MR) is 61.0 cm³/mol. The standard InChI is InChI=1S/C12H11N3O/c1-9-2-7-12(16)15(14-9)11-5-3-10(8-13)4-6-11/h3-6H,2,7H2,1H3. The van der Waals surface area contributed by atoms with Crippen LogP contribution in [0.5, 0.6) is 0 Å². The number of nitrogens with zero attached hydrogens (tertiary/aromatic N) is 3. The minimum Gasteiger partial charge on any atom is -0.273 e. The van der Waals surface area contributed by atoms with Gasteiger partial charge >= 0.3 is 0 Å². The molecule has 0 aromatic heterocycles. The van der Waals surface area contributed by atoms with Crippen LogP contribution in [-0.2, 0) is 4.79 Å². The van der Waals surface area contributed by atoms with Gasteiger partial charge in [-0.3, -0.25) is 4.79 Å². The normalized spacial score (nSPS) is 15.6. The van der Waals surface area contributed by atoms with Crippen LogP contribution in [0.1, 0.15) is 25.3 Å². The second-order valence-electron chi connectivity index (χ2n) is 3.70. The lowest BCUT2D eigenvalue weighted by atomic mass is 10.1. The molecular formula is C12H11N3O. The molecule has 80 valence electrons. The first-order chi connectivity index (χ1) is 7.70. The van der Waals surface area contributed by atoms with Crippen LogP contribution in [0.15, 0.2) is 29.4 Å². The van der Waals surface area contributed by atoms with Gasteiger partial charge in [0.15, 0.2) is 0 Å². The fraction of sp³-hybridized carbons (Fsp3) is 0.250. The maximum atomic E-state index is 11.6. The number of rotatable bonds is 1. The van der Waals surface area contributed by atoms with E-state index in [9.17, 15) is 4.79 Å². The van der Waals surface area contributed by atoms with Gasteiger partial charge in [-0.2, -0.15) is 10.4 Å². The Morgan fingerprint density at radius 1 is 1.31 bits per heavy atom. The average Bonchev–Trinajstić information content (AvgIpc) is 2.32. The number of hydrogen-bond donors (Lipinski definition) is 0. The summed E-state index contributed by atoms with van der Waals surface area (Å²) < 4.78 is 0. The van der Waals surface area contributed by atoms with E-state index in [0.717, 1.165) is 12.1 Å². The van der Waals surface area contributed by atoms with Crippen molar-refractivity contribution >= 4 is 17.3 Å². The van der Waals surface area contributed by atoms with E-state index in [1.807, 2.05) is 13.0 Å². The monoisotopic (exact) mass is 213 g/mol. The zero-order valence-corrected chi connectivity index (χ0v) is 8.97. The van der Waals surface area contributed by atoms with Crippen LogP contribution in [-0.4, -0.2) is 11.6 Å². The molecule has 4 heteroatoms. The Morgan fingerprint density at radius 3 is 2.62 bits per heavy atom. The first-order valence-corrected chi connectivity index (χ1v) is 5.08. The molecule has 1 amide bonds. The molecule has 0 saturated heterocycles. The fourth-order valence-electron chi connectivity index (χ4n) is 1.55. The largest absolute Gasteiger partial charge is 0.273 e. The number of amides is 1. The molecule has 2 rings (SSSR count). The van der Waals surface area contributed by atoms with Crippen molar-refractivity contribution in [2.45, 2.75) is 19.8 Å². The average molecular weight is 213 g/mol. The topological polar surface area (TPSA) is 56.5 Å².